The molecule has 0 radical (unpaired) electrons. The summed E-state index contributed by atoms with van der Waals surface area (Å²) in [4.78, 5) is 25.6. The molecule has 108 valence electrons. The lowest BCUT2D eigenvalue weighted by atomic mass is 10.2. The number of anilines is 1. The number of imide groups is 1. The van der Waals surface area contributed by atoms with Gasteiger partial charge in [0.1, 0.15) is 0 Å². The number of amides is 3. The summed E-state index contributed by atoms with van der Waals surface area (Å²) in [7, 11) is 0. The van der Waals surface area contributed by atoms with Gasteiger partial charge in [0, 0.05) is 31.4 Å². The standard InChI is InChI=1S/C14H20N4O2/c1-11-9-15-7-8-18(11)10-13(19)17-14(20)16-12-5-3-2-4-6-12/h2-6,11,15H,7-10H2,1H3,(H2,16,17,19,20)/t11-/m1/s1. The summed E-state index contributed by atoms with van der Waals surface area (Å²) in [5, 5.41) is 8.22. The van der Waals surface area contributed by atoms with Crippen LogP contribution in [0.25, 0.3) is 0 Å². The molecule has 6 heteroatoms. The predicted molar refractivity (Wildman–Crippen MR) is 77.5 cm³/mol. The molecule has 1 fully saturated rings. The summed E-state index contributed by atoms with van der Waals surface area (Å²) in [5.41, 5.74) is 0.661. The van der Waals surface area contributed by atoms with E-state index in [2.05, 4.69) is 27.8 Å². The van der Waals surface area contributed by atoms with Crippen molar-refractivity contribution in [2.45, 2.75) is 13.0 Å². The highest BCUT2D eigenvalue weighted by Gasteiger charge is 2.20. The fourth-order valence-electron chi connectivity index (χ4n) is 2.15. The number of hydrogen-bond donors (Lipinski definition) is 3. The van der Waals surface area contributed by atoms with Crippen LogP contribution in [0.1, 0.15) is 6.92 Å². The monoisotopic (exact) mass is 276 g/mol. The highest BCUT2D eigenvalue weighted by atomic mass is 16.2. The van der Waals surface area contributed by atoms with Gasteiger partial charge in [-0.1, -0.05) is 18.2 Å². The van der Waals surface area contributed by atoms with Crippen LogP contribution in [0, 0.1) is 0 Å². The minimum Gasteiger partial charge on any atom is -0.314 e. The number of para-hydroxylation sites is 1. The summed E-state index contributed by atoms with van der Waals surface area (Å²) in [5.74, 6) is -0.285. The topological polar surface area (TPSA) is 73.5 Å². The Morgan fingerprint density at radius 1 is 1.35 bits per heavy atom. The van der Waals surface area contributed by atoms with Crippen molar-refractivity contribution in [1.82, 2.24) is 15.5 Å². The largest absolute Gasteiger partial charge is 0.325 e. The Balaban J connectivity index is 1.77. The lowest BCUT2D eigenvalue weighted by Gasteiger charge is -2.33. The molecule has 3 amide bonds. The van der Waals surface area contributed by atoms with Gasteiger partial charge in [-0.05, 0) is 19.1 Å². The molecule has 0 aliphatic carbocycles. The molecule has 0 bridgehead atoms. The zero-order chi connectivity index (χ0) is 14.4. The van der Waals surface area contributed by atoms with Crippen molar-refractivity contribution >= 4 is 17.6 Å². The Bertz CT molecular complexity index is 464. The third kappa shape index (κ3) is 4.32. The predicted octanol–water partition coefficient (Wildman–Crippen LogP) is 0.628. The van der Waals surface area contributed by atoms with Crippen molar-refractivity contribution in [3.05, 3.63) is 30.3 Å². The normalized spacial score (nSPS) is 19.4. The fourth-order valence-corrected chi connectivity index (χ4v) is 2.15. The van der Waals surface area contributed by atoms with E-state index in [9.17, 15) is 9.59 Å². The summed E-state index contributed by atoms with van der Waals surface area (Å²) < 4.78 is 0. The number of rotatable bonds is 3. The van der Waals surface area contributed by atoms with E-state index in [0.717, 1.165) is 19.6 Å². The number of carbonyl (C=O) groups is 2. The summed E-state index contributed by atoms with van der Waals surface area (Å²) >= 11 is 0. The number of piperazine rings is 1. The zero-order valence-electron chi connectivity index (χ0n) is 11.6. The SMILES string of the molecule is C[C@@H]1CNCCN1CC(=O)NC(=O)Nc1ccccc1. The lowest BCUT2D eigenvalue weighted by Crippen LogP contribution is -2.53. The van der Waals surface area contributed by atoms with E-state index in [0.29, 0.717) is 11.7 Å². The Hall–Kier alpha value is -1.92. The number of hydrogen-bond acceptors (Lipinski definition) is 4. The smallest absolute Gasteiger partial charge is 0.314 e. The van der Waals surface area contributed by atoms with Gasteiger partial charge in [0.05, 0.1) is 6.54 Å². The Morgan fingerprint density at radius 3 is 2.80 bits per heavy atom. The first-order valence-corrected chi connectivity index (χ1v) is 6.76. The maximum Gasteiger partial charge on any atom is 0.325 e. The van der Waals surface area contributed by atoms with Crippen LogP contribution in [-0.4, -0.2) is 49.1 Å². The van der Waals surface area contributed by atoms with Gasteiger partial charge < -0.3 is 10.6 Å². The van der Waals surface area contributed by atoms with Crippen LogP contribution in [0.2, 0.25) is 0 Å². The molecule has 6 nitrogen and oxygen atoms in total. The van der Waals surface area contributed by atoms with Crippen LogP contribution in [-0.2, 0) is 4.79 Å². The number of nitrogens with zero attached hydrogens (tertiary/aromatic N) is 1. The van der Waals surface area contributed by atoms with E-state index in [1.54, 1.807) is 12.1 Å². The third-order valence-corrected chi connectivity index (χ3v) is 3.27. The first kappa shape index (κ1) is 14.5. The van der Waals surface area contributed by atoms with E-state index in [1.165, 1.54) is 0 Å². The van der Waals surface area contributed by atoms with Gasteiger partial charge in [-0.2, -0.15) is 0 Å². The van der Waals surface area contributed by atoms with Crippen molar-refractivity contribution < 1.29 is 9.59 Å². The molecule has 0 aromatic heterocycles. The molecule has 2 rings (SSSR count). The molecule has 0 saturated carbocycles. The molecule has 1 saturated heterocycles. The molecule has 1 aromatic carbocycles. The average Bonchev–Trinajstić information content (AvgIpc) is 2.42. The molecule has 1 aliphatic heterocycles. The molecule has 1 heterocycles. The number of benzene rings is 1. The lowest BCUT2D eigenvalue weighted by molar-refractivity contribution is -0.121. The molecule has 3 N–H and O–H groups in total. The fraction of sp³-hybridized carbons (Fsp3) is 0.429. The minimum atomic E-state index is -0.496. The van der Waals surface area contributed by atoms with Gasteiger partial charge in [0.15, 0.2) is 0 Å². The maximum absolute atomic E-state index is 11.8. The maximum atomic E-state index is 11.8. The Kier molecular flexibility index (Phi) is 5.09. The van der Waals surface area contributed by atoms with Gasteiger partial charge in [0.25, 0.3) is 0 Å². The molecule has 0 unspecified atom stereocenters. The summed E-state index contributed by atoms with van der Waals surface area (Å²) in [6, 6.07) is 8.83. The van der Waals surface area contributed by atoms with Crippen molar-refractivity contribution in [2.75, 3.05) is 31.5 Å². The van der Waals surface area contributed by atoms with E-state index >= 15 is 0 Å². The molecule has 1 aliphatic rings. The Labute approximate surface area is 118 Å². The van der Waals surface area contributed by atoms with Crippen LogP contribution in [0.3, 0.4) is 0 Å². The second-order valence-electron chi connectivity index (χ2n) is 4.89. The van der Waals surface area contributed by atoms with E-state index in [1.807, 2.05) is 18.2 Å². The molecule has 1 atom stereocenters. The number of nitrogens with one attached hydrogen (secondary N) is 3. The van der Waals surface area contributed by atoms with E-state index in [4.69, 9.17) is 0 Å². The van der Waals surface area contributed by atoms with Crippen molar-refractivity contribution in [1.29, 1.82) is 0 Å². The van der Waals surface area contributed by atoms with Crippen LogP contribution in [0.15, 0.2) is 30.3 Å². The average molecular weight is 276 g/mol. The highest BCUT2D eigenvalue weighted by molar-refractivity contribution is 6.01. The first-order chi connectivity index (χ1) is 9.65. The third-order valence-electron chi connectivity index (χ3n) is 3.27. The minimum absolute atomic E-state index is 0.241. The Morgan fingerprint density at radius 2 is 2.10 bits per heavy atom. The highest BCUT2D eigenvalue weighted by Crippen LogP contribution is 2.04. The van der Waals surface area contributed by atoms with Crippen LogP contribution in [0.5, 0.6) is 0 Å². The molecular weight excluding hydrogens is 256 g/mol. The van der Waals surface area contributed by atoms with Gasteiger partial charge >= 0.3 is 6.03 Å². The van der Waals surface area contributed by atoms with Crippen LogP contribution in [0.4, 0.5) is 10.5 Å². The van der Waals surface area contributed by atoms with E-state index < -0.39 is 6.03 Å². The number of urea groups is 1. The van der Waals surface area contributed by atoms with Gasteiger partial charge in [-0.3, -0.25) is 15.0 Å². The molecule has 20 heavy (non-hydrogen) atoms. The van der Waals surface area contributed by atoms with Crippen molar-refractivity contribution in [3.63, 3.8) is 0 Å². The van der Waals surface area contributed by atoms with Gasteiger partial charge in [-0.25, -0.2) is 4.79 Å². The molecular formula is C14H20N4O2. The quantitative estimate of drug-likeness (QED) is 0.757. The second-order valence-corrected chi connectivity index (χ2v) is 4.89. The summed E-state index contributed by atoms with van der Waals surface area (Å²) in [6.07, 6.45) is 0. The molecule has 1 aromatic rings. The first-order valence-electron chi connectivity index (χ1n) is 6.76. The zero-order valence-corrected chi connectivity index (χ0v) is 11.6. The summed E-state index contributed by atoms with van der Waals surface area (Å²) in [6.45, 7) is 4.85. The van der Waals surface area contributed by atoms with E-state index in [-0.39, 0.29) is 12.5 Å². The number of carbonyl (C=O) groups excluding carboxylic acids is 2. The van der Waals surface area contributed by atoms with Crippen molar-refractivity contribution in [2.24, 2.45) is 0 Å². The van der Waals surface area contributed by atoms with Crippen molar-refractivity contribution in [3.8, 4) is 0 Å². The van der Waals surface area contributed by atoms with Crippen LogP contribution >= 0.6 is 0 Å². The van der Waals surface area contributed by atoms with Crippen LogP contribution < -0.4 is 16.0 Å². The van der Waals surface area contributed by atoms with Gasteiger partial charge in [-0.15, -0.1) is 0 Å². The molecule has 0 spiro atoms. The second kappa shape index (κ2) is 7.02. The van der Waals surface area contributed by atoms with Gasteiger partial charge in [0.2, 0.25) is 5.91 Å².